The molecule has 0 aliphatic rings. The molecule has 0 saturated heterocycles. The van der Waals surface area contributed by atoms with Gasteiger partial charge in [0.1, 0.15) is 12.1 Å². The minimum absolute atomic E-state index is 0.418. The zero-order chi connectivity index (χ0) is 17.6. The van der Waals surface area contributed by atoms with E-state index in [4.69, 9.17) is 27.9 Å². The topological polar surface area (TPSA) is 65.2 Å². The second-order valence-electron chi connectivity index (χ2n) is 5.16. The fourth-order valence-corrected chi connectivity index (χ4v) is 3.66. The molecule has 3 aromatic heterocycles. The number of aromatic nitrogens is 5. The molecule has 0 amide bonds. The van der Waals surface area contributed by atoms with Crippen molar-refractivity contribution in [2.75, 3.05) is 13.4 Å². The predicted octanol–water partition coefficient (Wildman–Crippen LogP) is 4.38. The number of nitrogens with zero attached hydrogens (tertiary/aromatic N) is 5. The quantitative estimate of drug-likeness (QED) is 0.381. The number of methoxy groups -OCH3 is 1. The number of pyridine rings is 1. The first-order valence-corrected chi connectivity index (χ1v) is 9.18. The lowest BCUT2D eigenvalue weighted by molar-refractivity contribution is 0.415. The van der Waals surface area contributed by atoms with Gasteiger partial charge in [-0.3, -0.25) is 4.40 Å². The van der Waals surface area contributed by atoms with Crippen LogP contribution in [0.15, 0.2) is 35.9 Å². The molecule has 0 spiro atoms. The third-order valence-electron chi connectivity index (χ3n) is 3.82. The molecule has 4 aromatic rings. The number of hydrogen-bond donors (Lipinski definition) is 0. The summed E-state index contributed by atoms with van der Waals surface area (Å²) in [4.78, 5) is 8.89. The average molecular weight is 392 g/mol. The fraction of sp³-hybridized carbons (Fsp3) is 0.125. The molecule has 0 fully saturated rings. The molecule has 0 aliphatic heterocycles. The van der Waals surface area contributed by atoms with Gasteiger partial charge in [0.25, 0.3) is 0 Å². The van der Waals surface area contributed by atoms with E-state index in [1.165, 1.54) is 11.8 Å². The van der Waals surface area contributed by atoms with Gasteiger partial charge in [0.2, 0.25) is 0 Å². The summed E-state index contributed by atoms with van der Waals surface area (Å²) >= 11 is 14.4. The highest BCUT2D eigenvalue weighted by molar-refractivity contribution is 7.98. The SMILES string of the molecule is COc1ccc(Cl)c(-c2cc3cnc(SC)nc3n3cnnc23)c1Cl. The van der Waals surface area contributed by atoms with Crippen LogP contribution in [0.2, 0.25) is 10.0 Å². The van der Waals surface area contributed by atoms with E-state index >= 15 is 0 Å². The molecule has 4 rings (SSSR count). The van der Waals surface area contributed by atoms with Crippen molar-refractivity contribution in [3.63, 3.8) is 0 Å². The molecule has 0 aliphatic carbocycles. The summed E-state index contributed by atoms with van der Waals surface area (Å²) in [6, 6.07) is 5.38. The van der Waals surface area contributed by atoms with Crippen LogP contribution in [0.4, 0.5) is 0 Å². The molecule has 3 heterocycles. The third-order valence-corrected chi connectivity index (χ3v) is 5.07. The Labute approximate surface area is 157 Å². The standard InChI is InChI=1S/C16H11Cl2N5OS/c1-24-11-4-3-10(17)12(13(11)18)9-5-8-6-19-16(25-2)21-14(8)23-7-20-22-15(9)23/h3-7H,1-2H3. The van der Waals surface area contributed by atoms with E-state index in [0.29, 0.717) is 32.2 Å². The normalized spacial score (nSPS) is 11.4. The third kappa shape index (κ3) is 2.59. The van der Waals surface area contributed by atoms with Crippen molar-refractivity contribution < 1.29 is 4.74 Å². The zero-order valence-electron chi connectivity index (χ0n) is 13.2. The van der Waals surface area contributed by atoms with Gasteiger partial charge in [-0.05, 0) is 24.5 Å². The number of rotatable bonds is 3. The Kier molecular flexibility index (Phi) is 4.15. The van der Waals surface area contributed by atoms with Crippen LogP contribution in [0, 0.1) is 0 Å². The molecule has 0 radical (unpaired) electrons. The molecule has 6 nitrogen and oxygen atoms in total. The summed E-state index contributed by atoms with van der Waals surface area (Å²) in [5, 5.41) is 10.7. The Balaban J connectivity index is 2.11. The summed E-state index contributed by atoms with van der Waals surface area (Å²) in [5.41, 5.74) is 2.70. The number of thioether (sulfide) groups is 1. The Hall–Kier alpha value is -2.09. The lowest BCUT2D eigenvalue weighted by atomic mass is 10.0. The van der Waals surface area contributed by atoms with Gasteiger partial charge in [0.05, 0.1) is 17.2 Å². The summed E-state index contributed by atoms with van der Waals surface area (Å²) < 4.78 is 7.12. The predicted molar refractivity (Wildman–Crippen MR) is 99.9 cm³/mol. The van der Waals surface area contributed by atoms with Crippen LogP contribution < -0.4 is 4.74 Å². The zero-order valence-corrected chi connectivity index (χ0v) is 15.5. The second kappa shape index (κ2) is 6.33. The van der Waals surface area contributed by atoms with Crippen LogP contribution in [0.3, 0.4) is 0 Å². The van der Waals surface area contributed by atoms with Crippen molar-refractivity contribution in [3.8, 4) is 16.9 Å². The van der Waals surface area contributed by atoms with Gasteiger partial charge < -0.3 is 4.74 Å². The van der Waals surface area contributed by atoms with Crippen molar-refractivity contribution >= 4 is 51.6 Å². The maximum atomic E-state index is 6.51. The van der Waals surface area contributed by atoms with E-state index in [1.807, 2.05) is 12.3 Å². The van der Waals surface area contributed by atoms with Crippen molar-refractivity contribution in [1.29, 1.82) is 0 Å². The maximum absolute atomic E-state index is 6.51. The Morgan fingerprint density at radius 1 is 1.20 bits per heavy atom. The molecule has 0 bridgehead atoms. The van der Waals surface area contributed by atoms with Gasteiger partial charge in [0, 0.05) is 22.7 Å². The molecule has 126 valence electrons. The van der Waals surface area contributed by atoms with Crippen molar-refractivity contribution in [2.45, 2.75) is 5.16 Å². The first-order chi connectivity index (χ1) is 12.1. The number of ether oxygens (including phenoxy) is 1. The number of halogens is 2. The molecule has 25 heavy (non-hydrogen) atoms. The van der Waals surface area contributed by atoms with Gasteiger partial charge >= 0.3 is 0 Å². The number of hydrogen-bond acceptors (Lipinski definition) is 6. The Morgan fingerprint density at radius 2 is 2.04 bits per heavy atom. The summed E-state index contributed by atoms with van der Waals surface area (Å²) in [5.74, 6) is 0.535. The first-order valence-electron chi connectivity index (χ1n) is 7.20. The molecular formula is C16H11Cl2N5OS. The first kappa shape index (κ1) is 16.4. The molecular weight excluding hydrogens is 381 g/mol. The second-order valence-corrected chi connectivity index (χ2v) is 6.72. The van der Waals surface area contributed by atoms with E-state index < -0.39 is 0 Å². The van der Waals surface area contributed by atoms with Crippen molar-refractivity contribution in [3.05, 3.63) is 40.8 Å². The summed E-state index contributed by atoms with van der Waals surface area (Å²) in [6.07, 6.45) is 5.30. The molecule has 1 aromatic carbocycles. The van der Waals surface area contributed by atoms with Crippen LogP contribution >= 0.6 is 35.0 Å². The van der Waals surface area contributed by atoms with E-state index in [0.717, 1.165) is 16.6 Å². The van der Waals surface area contributed by atoms with Gasteiger partial charge in [0.15, 0.2) is 16.5 Å². The highest BCUT2D eigenvalue weighted by Crippen LogP contribution is 2.42. The van der Waals surface area contributed by atoms with Gasteiger partial charge in [-0.15, -0.1) is 10.2 Å². The summed E-state index contributed by atoms with van der Waals surface area (Å²) in [7, 11) is 1.56. The van der Waals surface area contributed by atoms with Crippen LogP contribution in [0.1, 0.15) is 0 Å². The van der Waals surface area contributed by atoms with E-state index in [1.54, 1.807) is 36.2 Å². The van der Waals surface area contributed by atoms with E-state index in [2.05, 4.69) is 20.2 Å². The molecule has 0 saturated carbocycles. The lowest BCUT2D eigenvalue weighted by Crippen LogP contribution is -1.97. The average Bonchev–Trinajstić information content (AvgIpc) is 3.12. The number of fused-ring (bicyclic) bond motifs is 3. The summed E-state index contributed by atoms with van der Waals surface area (Å²) in [6.45, 7) is 0. The monoisotopic (exact) mass is 391 g/mol. The van der Waals surface area contributed by atoms with Gasteiger partial charge in [-0.25, -0.2) is 9.97 Å². The van der Waals surface area contributed by atoms with Crippen LogP contribution in [0.5, 0.6) is 5.75 Å². The minimum Gasteiger partial charge on any atom is -0.495 e. The highest BCUT2D eigenvalue weighted by atomic mass is 35.5. The van der Waals surface area contributed by atoms with Gasteiger partial charge in [-0.2, -0.15) is 0 Å². The van der Waals surface area contributed by atoms with E-state index in [9.17, 15) is 0 Å². The molecule has 0 unspecified atom stereocenters. The highest BCUT2D eigenvalue weighted by Gasteiger charge is 2.19. The van der Waals surface area contributed by atoms with Crippen LogP contribution in [-0.2, 0) is 0 Å². The van der Waals surface area contributed by atoms with Crippen molar-refractivity contribution in [1.82, 2.24) is 24.6 Å². The molecule has 9 heteroatoms. The van der Waals surface area contributed by atoms with Gasteiger partial charge in [-0.1, -0.05) is 35.0 Å². The van der Waals surface area contributed by atoms with Crippen LogP contribution in [-0.4, -0.2) is 37.9 Å². The van der Waals surface area contributed by atoms with Crippen molar-refractivity contribution in [2.24, 2.45) is 0 Å². The Morgan fingerprint density at radius 3 is 2.80 bits per heavy atom. The minimum atomic E-state index is 0.418. The smallest absolute Gasteiger partial charge is 0.189 e. The molecule has 0 atom stereocenters. The number of benzene rings is 1. The molecule has 0 N–H and O–H groups in total. The fourth-order valence-electron chi connectivity index (χ4n) is 2.68. The van der Waals surface area contributed by atoms with E-state index in [-0.39, 0.29) is 0 Å². The maximum Gasteiger partial charge on any atom is 0.189 e. The largest absolute Gasteiger partial charge is 0.495 e. The van der Waals surface area contributed by atoms with Crippen LogP contribution in [0.25, 0.3) is 27.8 Å². The Bertz CT molecular complexity index is 1110. The lowest BCUT2D eigenvalue weighted by Gasteiger charge is -2.13.